The number of carbonyl (C=O) groups is 1. The lowest BCUT2D eigenvalue weighted by molar-refractivity contribution is -0.128. The molecule has 1 aromatic heterocycles. The van der Waals surface area contributed by atoms with Gasteiger partial charge in [0.2, 0.25) is 5.91 Å². The van der Waals surface area contributed by atoms with Crippen LogP contribution in [-0.2, 0) is 36.2 Å². The summed E-state index contributed by atoms with van der Waals surface area (Å²) in [4.78, 5) is 16.3. The topological polar surface area (TPSA) is 50.6 Å². The number of fused-ring (bicyclic) bond motifs is 1. The highest BCUT2D eigenvalue weighted by Crippen LogP contribution is 2.30. The van der Waals surface area contributed by atoms with E-state index in [1.54, 1.807) is 0 Å². The minimum Gasteiger partial charge on any atom is -0.380 e. The Bertz CT molecular complexity index is 562. The normalized spacial score (nSPS) is 26.0. The van der Waals surface area contributed by atoms with Crippen molar-refractivity contribution in [3.05, 3.63) is 17.0 Å². The third-order valence-corrected chi connectivity index (χ3v) is 5.01. The lowest BCUT2D eigenvalue weighted by Crippen LogP contribution is -2.31. The van der Waals surface area contributed by atoms with Crippen LogP contribution in [0, 0.1) is 0 Å². The Hall–Kier alpha value is -1.40. The Balaban J connectivity index is 1.53. The molecule has 0 N–H and O–H groups in total. The second-order valence-corrected chi connectivity index (χ2v) is 6.34. The van der Waals surface area contributed by atoms with Gasteiger partial charge >= 0.3 is 0 Å². The van der Waals surface area contributed by atoms with Gasteiger partial charge in [0.1, 0.15) is 0 Å². The second-order valence-electron chi connectivity index (χ2n) is 6.34. The van der Waals surface area contributed by atoms with E-state index in [9.17, 15) is 4.79 Å². The molecule has 0 spiro atoms. The molecule has 1 unspecified atom stereocenters. The maximum absolute atomic E-state index is 11.8. The maximum Gasteiger partial charge on any atom is 0.222 e. The summed E-state index contributed by atoms with van der Waals surface area (Å²) in [5.41, 5.74) is 3.73. The summed E-state index contributed by atoms with van der Waals surface area (Å²) in [7, 11) is 2.02. The van der Waals surface area contributed by atoms with Gasteiger partial charge in [-0.15, -0.1) is 0 Å². The van der Waals surface area contributed by atoms with Crippen LogP contribution in [0.15, 0.2) is 0 Å². The zero-order valence-corrected chi connectivity index (χ0v) is 12.5. The van der Waals surface area contributed by atoms with Crippen molar-refractivity contribution in [1.82, 2.24) is 19.6 Å². The van der Waals surface area contributed by atoms with Gasteiger partial charge in [0.15, 0.2) is 0 Å². The quantitative estimate of drug-likeness (QED) is 0.820. The van der Waals surface area contributed by atoms with E-state index >= 15 is 0 Å². The van der Waals surface area contributed by atoms with Crippen molar-refractivity contribution < 1.29 is 9.53 Å². The van der Waals surface area contributed by atoms with Crippen LogP contribution in [0.5, 0.6) is 0 Å². The summed E-state index contributed by atoms with van der Waals surface area (Å²) in [5, 5.41) is 4.66. The smallest absolute Gasteiger partial charge is 0.222 e. The molecule has 21 heavy (non-hydrogen) atoms. The average molecular weight is 290 g/mol. The summed E-state index contributed by atoms with van der Waals surface area (Å²) in [6, 6.07) is 0.540. The van der Waals surface area contributed by atoms with Crippen molar-refractivity contribution in [3.63, 3.8) is 0 Å². The van der Waals surface area contributed by atoms with E-state index < -0.39 is 0 Å². The standard InChI is InChI=1S/C15H22N4O2/c1-17-14-9-19(11-4-6-21-10-11)7-12(14)13(16-17)8-18-5-2-3-15(18)20/h11H,2-10H2,1H3. The molecule has 0 radical (unpaired) electrons. The zero-order valence-electron chi connectivity index (χ0n) is 12.5. The predicted molar refractivity (Wildman–Crippen MR) is 76.3 cm³/mol. The molecule has 0 saturated carbocycles. The van der Waals surface area contributed by atoms with Crippen LogP contribution in [0.4, 0.5) is 0 Å². The number of nitrogens with zero attached hydrogens (tertiary/aromatic N) is 4. The Morgan fingerprint density at radius 3 is 3.00 bits per heavy atom. The Morgan fingerprint density at radius 1 is 1.38 bits per heavy atom. The van der Waals surface area contributed by atoms with Gasteiger partial charge in [0.05, 0.1) is 24.5 Å². The van der Waals surface area contributed by atoms with Gasteiger partial charge in [-0.3, -0.25) is 14.4 Å². The molecule has 0 aromatic carbocycles. The van der Waals surface area contributed by atoms with Crippen LogP contribution in [0.1, 0.15) is 36.2 Å². The lowest BCUT2D eigenvalue weighted by Gasteiger charge is -2.22. The molecule has 2 fully saturated rings. The molecule has 0 bridgehead atoms. The molecule has 1 atom stereocenters. The van der Waals surface area contributed by atoms with Gasteiger partial charge in [-0.25, -0.2) is 0 Å². The number of aromatic nitrogens is 2. The highest BCUT2D eigenvalue weighted by atomic mass is 16.5. The Labute approximate surface area is 124 Å². The molecule has 3 aliphatic rings. The summed E-state index contributed by atoms with van der Waals surface area (Å²) >= 11 is 0. The highest BCUT2D eigenvalue weighted by Gasteiger charge is 2.33. The summed E-state index contributed by atoms with van der Waals surface area (Å²) < 4.78 is 7.51. The number of aryl methyl sites for hydroxylation is 1. The predicted octanol–water partition coefficient (Wildman–Crippen LogP) is 0.647. The van der Waals surface area contributed by atoms with Gasteiger partial charge < -0.3 is 9.64 Å². The van der Waals surface area contributed by atoms with Crippen LogP contribution in [0.3, 0.4) is 0 Å². The van der Waals surface area contributed by atoms with E-state index in [4.69, 9.17) is 4.74 Å². The van der Waals surface area contributed by atoms with E-state index in [1.807, 2.05) is 16.6 Å². The molecular formula is C15H22N4O2. The molecular weight excluding hydrogens is 268 g/mol. The monoisotopic (exact) mass is 290 g/mol. The lowest BCUT2D eigenvalue weighted by atomic mass is 10.2. The Morgan fingerprint density at radius 2 is 2.29 bits per heavy atom. The largest absolute Gasteiger partial charge is 0.380 e. The number of hydrogen-bond acceptors (Lipinski definition) is 4. The number of amides is 1. The maximum atomic E-state index is 11.8. The molecule has 6 nitrogen and oxygen atoms in total. The van der Waals surface area contributed by atoms with Crippen LogP contribution >= 0.6 is 0 Å². The van der Waals surface area contributed by atoms with Gasteiger partial charge in [0, 0.05) is 51.3 Å². The van der Waals surface area contributed by atoms with Gasteiger partial charge in [-0.2, -0.15) is 5.10 Å². The van der Waals surface area contributed by atoms with Crippen molar-refractivity contribution in [2.24, 2.45) is 7.05 Å². The van der Waals surface area contributed by atoms with Crippen molar-refractivity contribution in [3.8, 4) is 0 Å². The number of carbonyl (C=O) groups excluding carboxylic acids is 1. The third kappa shape index (κ3) is 2.26. The zero-order chi connectivity index (χ0) is 14.4. The summed E-state index contributed by atoms with van der Waals surface area (Å²) in [5.74, 6) is 0.272. The van der Waals surface area contributed by atoms with E-state index in [0.29, 0.717) is 19.0 Å². The average Bonchev–Trinajstić information content (AvgIpc) is 3.19. The van der Waals surface area contributed by atoms with Crippen molar-refractivity contribution in [1.29, 1.82) is 0 Å². The number of rotatable bonds is 3. The van der Waals surface area contributed by atoms with Crippen molar-refractivity contribution in [2.75, 3.05) is 19.8 Å². The first-order valence-electron chi connectivity index (χ1n) is 7.85. The van der Waals surface area contributed by atoms with Gasteiger partial charge in [-0.1, -0.05) is 0 Å². The van der Waals surface area contributed by atoms with E-state index in [0.717, 1.165) is 51.4 Å². The fourth-order valence-electron chi connectivity index (χ4n) is 3.74. The molecule has 4 heterocycles. The van der Waals surface area contributed by atoms with Gasteiger partial charge in [-0.05, 0) is 12.8 Å². The molecule has 3 aliphatic heterocycles. The first-order valence-corrected chi connectivity index (χ1v) is 7.85. The number of ether oxygens (including phenoxy) is 1. The summed E-state index contributed by atoms with van der Waals surface area (Å²) in [6.07, 6.45) is 2.81. The first kappa shape index (κ1) is 13.3. The van der Waals surface area contributed by atoms with Gasteiger partial charge in [0.25, 0.3) is 0 Å². The first-order chi connectivity index (χ1) is 10.2. The second kappa shape index (κ2) is 5.10. The highest BCUT2D eigenvalue weighted by molar-refractivity contribution is 5.78. The number of hydrogen-bond donors (Lipinski definition) is 0. The van der Waals surface area contributed by atoms with Crippen LogP contribution in [0.25, 0.3) is 0 Å². The molecule has 4 rings (SSSR count). The number of likely N-dealkylation sites (tertiary alicyclic amines) is 1. The minimum atomic E-state index is 0.272. The summed E-state index contributed by atoms with van der Waals surface area (Å²) in [6.45, 7) is 5.20. The van der Waals surface area contributed by atoms with E-state index in [2.05, 4.69) is 10.00 Å². The van der Waals surface area contributed by atoms with Crippen LogP contribution < -0.4 is 0 Å². The molecule has 114 valence electrons. The molecule has 0 aliphatic carbocycles. The van der Waals surface area contributed by atoms with E-state index in [-0.39, 0.29) is 5.91 Å². The molecule has 1 aromatic rings. The van der Waals surface area contributed by atoms with Crippen LogP contribution in [-0.4, -0.2) is 51.3 Å². The molecule has 2 saturated heterocycles. The fourth-order valence-corrected chi connectivity index (χ4v) is 3.74. The third-order valence-electron chi connectivity index (χ3n) is 5.01. The van der Waals surface area contributed by atoms with Crippen molar-refractivity contribution >= 4 is 5.91 Å². The molecule has 1 amide bonds. The fraction of sp³-hybridized carbons (Fsp3) is 0.733. The van der Waals surface area contributed by atoms with E-state index in [1.165, 1.54) is 11.3 Å². The molecule has 6 heteroatoms. The minimum absolute atomic E-state index is 0.272. The van der Waals surface area contributed by atoms with Crippen molar-refractivity contribution in [2.45, 2.75) is 44.9 Å². The van der Waals surface area contributed by atoms with Crippen LogP contribution in [0.2, 0.25) is 0 Å². The Kier molecular flexibility index (Phi) is 3.23. The SMILES string of the molecule is Cn1nc(CN2CCCC2=O)c2c1CN(C1CCOC1)C2.